The fourth-order valence-electron chi connectivity index (χ4n) is 6.19. The monoisotopic (exact) mass is 449 g/mol. The number of aliphatic hydroxyl groups excluding tert-OH is 1. The van der Waals surface area contributed by atoms with Crippen molar-refractivity contribution in [2.45, 2.75) is 51.2 Å². The maximum absolute atomic E-state index is 13.3. The first kappa shape index (κ1) is 21.7. The smallest absolute Gasteiger partial charge is 0.396 e. The molecule has 0 bridgehead atoms. The Morgan fingerprint density at radius 3 is 2.50 bits per heavy atom. The summed E-state index contributed by atoms with van der Waals surface area (Å²) in [6, 6.07) is 3.13. The van der Waals surface area contributed by atoms with E-state index in [9.17, 15) is 13.2 Å². The molecule has 2 aromatic heterocycles. The molecule has 0 aromatic carbocycles. The van der Waals surface area contributed by atoms with Crippen LogP contribution in [0.15, 0.2) is 18.3 Å². The SMILES string of the molecule is CC(C)n1nc(-c2cnc(N)c(C(F)(F)F)c2)cc1C1[C@H]2CC3(C[C@@H]12)CN(CCCO)C3. The van der Waals surface area contributed by atoms with Gasteiger partial charge in [-0.15, -0.1) is 0 Å². The molecule has 1 unspecified atom stereocenters. The van der Waals surface area contributed by atoms with Crippen LogP contribution in [0.2, 0.25) is 0 Å². The summed E-state index contributed by atoms with van der Waals surface area (Å²) >= 11 is 0. The van der Waals surface area contributed by atoms with E-state index in [4.69, 9.17) is 10.8 Å². The summed E-state index contributed by atoms with van der Waals surface area (Å²) in [6.07, 6.45) is 0.0694. The normalized spacial score (nSPS) is 26.5. The number of nitrogens with zero attached hydrogens (tertiary/aromatic N) is 4. The van der Waals surface area contributed by atoms with Crippen LogP contribution < -0.4 is 5.73 Å². The Morgan fingerprint density at radius 2 is 1.91 bits per heavy atom. The van der Waals surface area contributed by atoms with Gasteiger partial charge in [-0.25, -0.2) is 4.98 Å². The van der Waals surface area contributed by atoms with Gasteiger partial charge in [0.25, 0.3) is 0 Å². The lowest BCUT2D eigenvalue weighted by Crippen LogP contribution is -2.55. The second-order valence-electron chi connectivity index (χ2n) is 10.2. The van der Waals surface area contributed by atoms with E-state index in [1.165, 1.54) is 19.0 Å². The van der Waals surface area contributed by atoms with Crippen LogP contribution in [0.1, 0.15) is 56.3 Å². The van der Waals surface area contributed by atoms with Gasteiger partial charge in [0, 0.05) is 55.7 Å². The number of halogens is 3. The van der Waals surface area contributed by atoms with Gasteiger partial charge in [0.15, 0.2) is 0 Å². The number of likely N-dealkylation sites (tertiary alicyclic amines) is 1. The maximum atomic E-state index is 13.3. The molecule has 2 aliphatic carbocycles. The van der Waals surface area contributed by atoms with Crippen molar-refractivity contribution >= 4 is 5.82 Å². The van der Waals surface area contributed by atoms with Crippen LogP contribution in [0, 0.1) is 17.3 Å². The van der Waals surface area contributed by atoms with E-state index in [-0.39, 0.29) is 12.6 Å². The van der Waals surface area contributed by atoms with E-state index >= 15 is 0 Å². The van der Waals surface area contributed by atoms with E-state index < -0.39 is 17.6 Å². The van der Waals surface area contributed by atoms with Gasteiger partial charge >= 0.3 is 6.18 Å². The minimum atomic E-state index is -4.55. The van der Waals surface area contributed by atoms with Crippen molar-refractivity contribution in [1.29, 1.82) is 0 Å². The summed E-state index contributed by atoms with van der Waals surface area (Å²) in [5.74, 6) is 1.18. The van der Waals surface area contributed by atoms with Gasteiger partial charge in [0.1, 0.15) is 5.82 Å². The van der Waals surface area contributed by atoms with Crippen LogP contribution in [0.4, 0.5) is 19.0 Å². The zero-order valence-corrected chi connectivity index (χ0v) is 18.4. The molecule has 5 rings (SSSR count). The molecule has 2 saturated carbocycles. The molecule has 3 atom stereocenters. The summed E-state index contributed by atoms with van der Waals surface area (Å²) in [5, 5.41) is 13.7. The van der Waals surface area contributed by atoms with Crippen molar-refractivity contribution in [3.8, 4) is 11.3 Å². The van der Waals surface area contributed by atoms with Crippen molar-refractivity contribution in [1.82, 2.24) is 19.7 Å². The highest BCUT2D eigenvalue weighted by molar-refractivity contribution is 5.63. The van der Waals surface area contributed by atoms with E-state index in [0.29, 0.717) is 34.4 Å². The number of fused-ring (bicyclic) bond motifs is 1. The van der Waals surface area contributed by atoms with Gasteiger partial charge in [-0.3, -0.25) is 4.68 Å². The van der Waals surface area contributed by atoms with Gasteiger partial charge < -0.3 is 15.7 Å². The molecule has 2 aromatic rings. The first-order valence-corrected chi connectivity index (χ1v) is 11.4. The third-order valence-corrected chi connectivity index (χ3v) is 7.53. The van der Waals surface area contributed by atoms with Crippen molar-refractivity contribution in [2.24, 2.45) is 17.3 Å². The Balaban J connectivity index is 1.35. The molecule has 32 heavy (non-hydrogen) atoms. The highest BCUT2D eigenvalue weighted by Gasteiger charge is 2.65. The van der Waals surface area contributed by atoms with Gasteiger partial charge in [0.05, 0.1) is 11.3 Å². The summed E-state index contributed by atoms with van der Waals surface area (Å²) < 4.78 is 41.9. The van der Waals surface area contributed by atoms with E-state index in [0.717, 1.165) is 37.8 Å². The van der Waals surface area contributed by atoms with Gasteiger partial charge in [-0.2, -0.15) is 18.3 Å². The van der Waals surface area contributed by atoms with Crippen LogP contribution in [-0.2, 0) is 6.18 Å². The largest absolute Gasteiger partial charge is 0.419 e. The Hall–Kier alpha value is -2.13. The molecule has 6 nitrogen and oxygen atoms in total. The minimum absolute atomic E-state index is 0.121. The number of anilines is 1. The zero-order chi connectivity index (χ0) is 22.8. The number of rotatable bonds is 6. The molecule has 0 amide bonds. The number of aliphatic hydroxyl groups is 1. The lowest BCUT2D eigenvalue weighted by molar-refractivity contribution is -0.137. The molecule has 9 heteroatoms. The quantitative estimate of drug-likeness (QED) is 0.699. The molecule has 3 fully saturated rings. The fraction of sp³-hybridized carbons (Fsp3) is 0.652. The topological polar surface area (TPSA) is 80.2 Å². The molecule has 174 valence electrons. The number of nitrogens with two attached hydrogens (primary N) is 1. The second kappa shape index (κ2) is 7.45. The first-order chi connectivity index (χ1) is 15.1. The summed E-state index contributed by atoms with van der Waals surface area (Å²) in [4.78, 5) is 6.21. The van der Waals surface area contributed by atoms with Crippen LogP contribution in [-0.4, -0.2) is 51.0 Å². The van der Waals surface area contributed by atoms with E-state index in [1.54, 1.807) is 0 Å². The van der Waals surface area contributed by atoms with Crippen molar-refractivity contribution in [3.05, 3.63) is 29.6 Å². The third-order valence-electron chi connectivity index (χ3n) is 7.53. The number of hydrogen-bond donors (Lipinski definition) is 2. The molecule has 1 saturated heterocycles. The fourth-order valence-corrected chi connectivity index (χ4v) is 6.19. The number of alkyl halides is 3. The zero-order valence-electron chi connectivity index (χ0n) is 18.4. The maximum Gasteiger partial charge on any atom is 0.419 e. The van der Waals surface area contributed by atoms with Gasteiger partial charge in [0.2, 0.25) is 0 Å². The van der Waals surface area contributed by atoms with Crippen LogP contribution >= 0.6 is 0 Å². The Bertz CT molecular complexity index is 998. The van der Waals surface area contributed by atoms with E-state index in [2.05, 4.69) is 15.0 Å². The molecular weight excluding hydrogens is 419 g/mol. The number of nitrogen functional groups attached to an aromatic ring is 1. The van der Waals surface area contributed by atoms with Gasteiger partial charge in [-0.05, 0) is 62.5 Å². The highest BCUT2D eigenvalue weighted by Crippen LogP contribution is 2.70. The predicted octanol–water partition coefficient (Wildman–Crippen LogP) is 3.93. The van der Waals surface area contributed by atoms with Gasteiger partial charge in [-0.1, -0.05) is 0 Å². The standard InChI is InChI=1S/C23H30F3N5O/c1-13(2)31-19(7-18(29-31)14-6-17(23(24,25)26)21(27)28-10-14)20-15-8-22(9-16(15)20)11-30(12-22)4-3-5-32/h6-7,10,13,15-16,20,32H,3-5,8-9,11-12H2,1-2H3,(H2,27,28)/t15-,16+,20?. The molecule has 3 aliphatic rings. The predicted molar refractivity (Wildman–Crippen MR) is 115 cm³/mol. The summed E-state index contributed by atoms with van der Waals surface area (Å²) in [6.45, 7) is 7.56. The Morgan fingerprint density at radius 1 is 1.22 bits per heavy atom. The highest BCUT2D eigenvalue weighted by atomic mass is 19.4. The summed E-state index contributed by atoms with van der Waals surface area (Å²) in [5.41, 5.74) is 6.96. The van der Waals surface area contributed by atoms with Crippen LogP contribution in [0.3, 0.4) is 0 Å². The Kier molecular flexibility index (Phi) is 5.05. The van der Waals surface area contributed by atoms with Crippen molar-refractivity contribution in [2.75, 3.05) is 32.0 Å². The molecule has 3 N–H and O–H groups in total. The van der Waals surface area contributed by atoms with E-state index in [1.807, 2.05) is 24.6 Å². The molecule has 3 heterocycles. The number of aromatic nitrogens is 3. The minimum Gasteiger partial charge on any atom is -0.396 e. The second-order valence-corrected chi connectivity index (χ2v) is 10.2. The molecule has 0 radical (unpaired) electrons. The van der Waals surface area contributed by atoms with Crippen molar-refractivity contribution < 1.29 is 18.3 Å². The lowest BCUT2D eigenvalue weighted by Gasteiger charge is -2.49. The molecule has 1 aliphatic heterocycles. The van der Waals surface area contributed by atoms with Crippen molar-refractivity contribution in [3.63, 3.8) is 0 Å². The van der Waals surface area contributed by atoms with Crippen LogP contribution in [0.25, 0.3) is 11.3 Å². The summed E-state index contributed by atoms with van der Waals surface area (Å²) in [7, 11) is 0. The number of pyridine rings is 1. The first-order valence-electron chi connectivity index (χ1n) is 11.4. The lowest BCUT2D eigenvalue weighted by atomic mass is 9.74. The van der Waals surface area contributed by atoms with Crippen LogP contribution in [0.5, 0.6) is 0 Å². The number of hydrogen-bond acceptors (Lipinski definition) is 5. The third kappa shape index (κ3) is 3.59. The molecule has 1 spiro atoms. The molecular formula is C23H30F3N5O. The Labute approximate surface area is 185 Å². The average molecular weight is 450 g/mol. The average Bonchev–Trinajstić information content (AvgIpc) is 3.06.